The average Bonchev–Trinajstić information content (AvgIpc) is 3.27. The first-order valence-electron chi connectivity index (χ1n) is 10.2. The summed E-state index contributed by atoms with van der Waals surface area (Å²) in [6.45, 7) is 0. The highest BCUT2D eigenvalue weighted by molar-refractivity contribution is 6.00. The lowest BCUT2D eigenvalue weighted by Gasteiger charge is -2.26. The maximum atomic E-state index is 13.7. The molecular weight excluding hydrogens is 441 g/mol. The van der Waals surface area contributed by atoms with Crippen LogP contribution in [0.2, 0.25) is 0 Å². The number of carboxylic acids is 1. The van der Waals surface area contributed by atoms with E-state index in [0.29, 0.717) is 30.7 Å². The van der Waals surface area contributed by atoms with E-state index in [4.69, 9.17) is 9.52 Å². The van der Waals surface area contributed by atoms with Crippen molar-refractivity contribution in [2.24, 2.45) is 5.92 Å². The minimum Gasteiger partial charge on any atom is -0.481 e. The van der Waals surface area contributed by atoms with E-state index >= 15 is 0 Å². The molecule has 0 unspecified atom stereocenters. The van der Waals surface area contributed by atoms with E-state index in [0.717, 1.165) is 18.4 Å². The molecule has 0 saturated heterocycles. The van der Waals surface area contributed by atoms with Gasteiger partial charge in [-0.2, -0.15) is 0 Å². The van der Waals surface area contributed by atoms with Gasteiger partial charge in [-0.1, -0.05) is 17.2 Å². The first kappa shape index (κ1) is 22.3. The molecule has 1 saturated carbocycles. The molecule has 33 heavy (non-hydrogen) atoms. The molecule has 3 aromatic rings. The van der Waals surface area contributed by atoms with E-state index in [-0.39, 0.29) is 17.9 Å². The number of carbonyl (C=O) groups excluding carboxylic acids is 1. The number of aliphatic carboxylic acids is 1. The average molecular weight is 460 g/mol. The van der Waals surface area contributed by atoms with Gasteiger partial charge in [0.15, 0.2) is 11.6 Å². The smallest absolute Gasteiger partial charge is 0.320 e. The van der Waals surface area contributed by atoms with Crippen molar-refractivity contribution in [1.29, 1.82) is 0 Å². The van der Waals surface area contributed by atoms with Crippen LogP contribution in [0.25, 0.3) is 0 Å². The molecule has 2 aromatic carbocycles. The van der Waals surface area contributed by atoms with Crippen LogP contribution in [-0.4, -0.2) is 27.2 Å². The van der Waals surface area contributed by atoms with Crippen LogP contribution in [0, 0.1) is 23.4 Å². The van der Waals surface area contributed by atoms with Crippen LogP contribution in [0.4, 0.5) is 30.6 Å². The van der Waals surface area contributed by atoms with Gasteiger partial charge in [0, 0.05) is 17.8 Å². The van der Waals surface area contributed by atoms with E-state index < -0.39 is 40.9 Å². The summed E-state index contributed by atoms with van der Waals surface area (Å²) in [4.78, 5) is 23.4. The lowest BCUT2D eigenvalue weighted by molar-refractivity contribution is -0.142. The molecule has 3 N–H and O–H groups in total. The molecule has 0 radical (unpaired) electrons. The van der Waals surface area contributed by atoms with Gasteiger partial charge in [0.05, 0.1) is 11.6 Å². The van der Waals surface area contributed by atoms with Gasteiger partial charge in [0.25, 0.3) is 0 Å². The highest BCUT2D eigenvalue weighted by Crippen LogP contribution is 2.36. The van der Waals surface area contributed by atoms with Crippen LogP contribution in [0.3, 0.4) is 0 Å². The molecule has 4 rings (SSSR count). The summed E-state index contributed by atoms with van der Waals surface area (Å²) in [5.74, 6) is -5.58. The monoisotopic (exact) mass is 460 g/mol. The molecule has 0 aliphatic heterocycles. The fourth-order valence-corrected chi connectivity index (χ4v) is 3.80. The van der Waals surface area contributed by atoms with Gasteiger partial charge in [-0.05, 0) is 49.3 Å². The summed E-state index contributed by atoms with van der Waals surface area (Å²) in [6, 6.07) is 7.73. The van der Waals surface area contributed by atoms with Crippen molar-refractivity contribution in [2.75, 3.05) is 10.6 Å². The Morgan fingerprint density at radius 3 is 2.27 bits per heavy atom. The summed E-state index contributed by atoms with van der Waals surface area (Å²) < 4.78 is 45.2. The Labute approximate surface area is 185 Å². The van der Waals surface area contributed by atoms with Gasteiger partial charge in [-0.25, -0.2) is 13.2 Å². The molecular formula is C22H19F3N4O4. The number of nitrogens with one attached hydrogen (secondary N) is 2. The van der Waals surface area contributed by atoms with Crippen molar-refractivity contribution < 1.29 is 32.3 Å². The molecule has 0 atom stereocenters. The van der Waals surface area contributed by atoms with Crippen LogP contribution < -0.4 is 10.6 Å². The van der Waals surface area contributed by atoms with Gasteiger partial charge in [0.1, 0.15) is 5.82 Å². The Hall–Kier alpha value is -3.89. The summed E-state index contributed by atoms with van der Waals surface area (Å²) in [6.07, 6.45) is 2.86. The zero-order chi connectivity index (χ0) is 23.5. The number of nitrogens with zero attached hydrogens (tertiary/aromatic N) is 2. The quantitative estimate of drug-likeness (QED) is 0.451. The number of carbonyl (C=O) groups is 2. The van der Waals surface area contributed by atoms with E-state index in [2.05, 4.69) is 20.8 Å². The maximum Gasteiger partial charge on any atom is 0.320 e. The number of hydrogen-bond acceptors (Lipinski definition) is 6. The van der Waals surface area contributed by atoms with Crippen molar-refractivity contribution in [1.82, 2.24) is 10.2 Å². The van der Waals surface area contributed by atoms with Crippen molar-refractivity contribution in [3.63, 3.8) is 0 Å². The molecule has 1 aliphatic carbocycles. The molecule has 8 nitrogen and oxygen atoms in total. The largest absolute Gasteiger partial charge is 0.481 e. The van der Waals surface area contributed by atoms with Gasteiger partial charge in [0.2, 0.25) is 0 Å². The van der Waals surface area contributed by atoms with E-state index in [9.17, 15) is 22.8 Å². The topological polar surface area (TPSA) is 117 Å². The van der Waals surface area contributed by atoms with E-state index in [1.807, 2.05) is 12.1 Å². The fraction of sp³-hybridized carbons (Fsp3) is 0.273. The molecule has 1 fully saturated rings. The summed E-state index contributed by atoms with van der Waals surface area (Å²) in [7, 11) is 0. The standard InChI is InChI=1S/C22H19F3N4O4/c23-15-9-17(25)18(10-16(15)24)27-22-29-28-20(33-22)19(30)26-14-7-5-12(6-8-14)11-1-3-13(4-2-11)21(31)32/h5-11,13H,1-4H2,(H,26,30)(H,27,29)(H,31,32)/t11-,13-. The second-order valence-corrected chi connectivity index (χ2v) is 7.75. The second kappa shape index (κ2) is 9.31. The van der Waals surface area contributed by atoms with Crippen LogP contribution in [0.1, 0.15) is 47.8 Å². The predicted molar refractivity (Wildman–Crippen MR) is 111 cm³/mol. The summed E-state index contributed by atoms with van der Waals surface area (Å²) >= 11 is 0. The number of aromatic nitrogens is 2. The highest BCUT2D eigenvalue weighted by Gasteiger charge is 2.26. The first-order chi connectivity index (χ1) is 15.8. The predicted octanol–water partition coefficient (Wildman–Crippen LogP) is 4.84. The zero-order valence-corrected chi connectivity index (χ0v) is 17.1. The van der Waals surface area contributed by atoms with Crippen LogP contribution >= 0.6 is 0 Å². The van der Waals surface area contributed by atoms with Gasteiger partial charge in [-0.15, -0.1) is 5.10 Å². The minimum absolute atomic E-state index is 0.270. The Kier molecular flexibility index (Phi) is 6.29. The van der Waals surface area contributed by atoms with Gasteiger partial charge < -0.3 is 20.2 Å². The lowest BCUT2D eigenvalue weighted by atomic mass is 9.79. The Morgan fingerprint density at radius 2 is 1.61 bits per heavy atom. The maximum absolute atomic E-state index is 13.7. The molecule has 1 heterocycles. The second-order valence-electron chi connectivity index (χ2n) is 7.75. The lowest BCUT2D eigenvalue weighted by Crippen LogP contribution is -2.20. The highest BCUT2D eigenvalue weighted by atomic mass is 19.2. The third kappa shape index (κ3) is 5.13. The van der Waals surface area contributed by atoms with Crippen molar-refractivity contribution in [3.05, 3.63) is 65.3 Å². The van der Waals surface area contributed by atoms with E-state index in [1.54, 1.807) is 12.1 Å². The molecule has 1 amide bonds. The Balaban J connectivity index is 1.36. The molecule has 11 heteroatoms. The number of amides is 1. The summed E-state index contributed by atoms with van der Waals surface area (Å²) in [5.41, 5.74) is 1.11. The van der Waals surface area contributed by atoms with Crippen molar-refractivity contribution in [3.8, 4) is 0 Å². The molecule has 172 valence electrons. The number of rotatable bonds is 6. The van der Waals surface area contributed by atoms with Crippen molar-refractivity contribution in [2.45, 2.75) is 31.6 Å². The zero-order valence-electron chi connectivity index (χ0n) is 17.1. The molecule has 1 aromatic heterocycles. The minimum atomic E-state index is -1.34. The number of halogens is 3. The third-order valence-corrected chi connectivity index (χ3v) is 5.59. The van der Waals surface area contributed by atoms with Crippen LogP contribution in [0.5, 0.6) is 0 Å². The normalized spacial score (nSPS) is 18.0. The fourth-order valence-electron chi connectivity index (χ4n) is 3.80. The van der Waals surface area contributed by atoms with Crippen LogP contribution in [-0.2, 0) is 4.79 Å². The number of anilines is 3. The molecule has 0 bridgehead atoms. The SMILES string of the molecule is O=C(Nc1ccc([C@H]2CC[C@H](C(=O)O)CC2)cc1)c1nnc(Nc2cc(F)c(F)cc2F)o1. The van der Waals surface area contributed by atoms with Gasteiger partial charge in [-0.3, -0.25) is 9.59 Å². The van der Waals surface area contributed by atoms with Gasteiger partial charge >= 0.3 is 23.8 Å². The van der Waals surface area contributed by atoms with Crippen LogP contribution in [0.15, 0.2) is 40.8 Å². The number of hydrogen-bond donors (Lipinski definition) is 3. The number of benzene rings is 2. The Morgan fingerprint density at radius 1 is 0.939 bits per heavy atom. The Bertz CT molecular complexity index is 1170. The molecule has 0 spiro atoms. The first-order valence-corrected chi connectivity index (χ1v) is 10.2. The van der Waals surface area contributed by atoms with Crippen molar-refractivity contribution >= 4 is 29.3 Å². The van der Waals surface area contributed by atoms with E-state index in [1.165, 1.54) is 0 Å². The third-order valence-electron chi connectivity index (χ3n) is 5.59. The molecule has 1 aliphatic rings. The summed E-state index contributed by atoms with van der Waals surface area (Å²) in [5, 5.41) is 21.1. The number of carboxylic acid groups (broad SMARTS) is 1.